The molecule has 4 nitrogen and oxygen atoms in total. The van der Waals surface area contributed by atoms with Crippen LogP contribution in [0.5, 0.6) is 0 Å². The summed E-state index contributed by atoms with van der Waals surface area (Å²) >= 11 is 0. The standard InChI is InChI=1S/C13H19N3O/c14-13(17)11-5-1-2-6-12(11)16-9-7-10-4-3-8-15-10/h1-2,5-6,10,15-16H,3-4,7-9H2,(H2,14,17)/t10-/m0/s1. The maximum absolute atomic E-state index is 11.2. The molecule has 1 aromatic carbocycles. The van der Waals surface area contributed by atoms with Crippen LogP contribution in [0.2, 0.25) is 0 Å². The molecule has 0 aliphatic carbocycles. The zero-order valence-electron chi connectivity index (χ0n) is 9.91. The van der Waals surface area contributed by atoms with Crippen LogP contribution in [0, 0.1) is 0 Å². The molecule has 1 amide bonds. The van der Waals surface area contributed by atoms with Gasteiger partial charge >= 0.3 is 0 Å². The highest BCUT2D eigenvalue weighted by Gasteiger charge is 2.13. The molecule has 4 heteroatoms. The van der Waals surface area contributed by atoms with Crippen LogP contribution in [0.4, 0.5) is 5.69 Å². The molecule has 4 N–H and O–H groups in total. The Hall–Kier alpha value is -1.55. The quantitative estimate of drug-likeness (QED) is 0.719. The molecule has 0 radical (unpaired) electrons. The van der Waals surface area contributed by atoms with Gasteiger partial charge < -0.3 is 16.4 Å². The van der Waals surface area contributed by atoms with E-state index in [1.807, 2.05) is 18.2 Å². The van der Waals surface area contributed by atoms with Crippen LogP contribution in [-0.2, 0) is 0 Å². The molecular formula is C13H19N3O. The molecule has 1 aliphatic rings. The highest BCUT2D eigenvalue weighted by atomic mass is 16.1. The van der Waals surface area contributed by atoms with E-state index in [0.29, 0.717) is 11.6 Å². The van der Waals surface area contributed by atoms with E-state index >= 15 is 0 Å². The highest BCUT2D eigenvalue weighted by Crippen LogP contribution is 2.15. The van der Waals surface area contributed by atoms with Gasteiger partial charge in [0.05, 0.1) is 5.56 Å². The van der Waals surface area contributed by atoms with Crippen molar-refractivity contribution in [1.82, 2.24) is 5.32 Å². The van der Waals surface area contributed by atoms with Gasteiger partial charge in [0.1, 0.15) is 0 Å². The highest BCUT2D eigenvalue weighted by molar-refractivity contribution is 5.98. The molecule has 0 saturated carbocycles. The van der Waals surface area contributed by atoms with E-state index in [4.69, 9.17) is 5.73 Å². The lowest BCUT2D eigenvalue weighted by atomic mass is 10.1. The Labute approximate surface area is 102 Å². The molecule has 1 saturated heterocycles. The Morgan fingerprint density at radius 2 is 2.29 bits per heavy atom. The van der Waals surface area contributed by atoms with E-state index in [1.165, 1.54) is 12.8 Å². The van der Waals surface area contributed by atoms with Gasteiger partial charge in [-0.3, -0.25) is 4.79 Å². The molecule has 1 aliphatic heterocycles. The number of nitrogens with one attached hydrogen (secondary N) is 2. The molecule has 0 spiro atoms. The summed E-state index contributed by atoms with van der Waals surface area (Å²) in [5.74, 6) is -0.382. The van der Waals surface area contributed by atoms with E-state index in [9.17, 15) is 4.79 Å². The van der Waals surface area contributed by atoms with E-state index < -0.39 is 0 Å². The maximum atomic E-state index is 11.2. The Morgan fingerprint density at radius 3 is 3.00 bits per heavy atom. The number of para-hydroxylation sites is 1. The van der Waals surface area contributed by atoms with Gasteiger partial charge in [-0.05, 0) is 37.9 Å². The first-order valence-electron chi connectivity index (χ1n) is 6.13. The van der Waals surface area contributed by atoms with E-state index in [2.05, 4.69) is 10.6 Å². The average molecular weight is 233 g/mol. The Morgan fingerprint density at radius 1 is 1.47 bits per heavy atom. The summed E-state index contributed by atoms with van der Waals surface area (Å²) in [4.78, 5) is 11.2. The normalized spacial score (nSPS) is 19.2. The Balaban J connectivity index is 1.87. The second kappa shape index (κ2) is 5.68. The number of anilines is 1. The van der Waals surface area contributed by atoms with Crippen molar-refractivity contribution in [3.8, 4) is 0 Å². The summed E-state index contributed by atoms with van der Waals surface area (Å²) in [5, 5.41) is 6.73. The summed E-state index contributed by atoms with van der Waals surface area (Å²) in [6.45, 7) is 1.99. The van der Waals surface area contributed by atoms with Crippen LogP contribution >= 0.6 is 0 Å². The van der Waals surface area contributed by atoms with Crippen molar-refractivity contribution in [3.63, 3.8) is 0 Å². The fourth-order valence-electron chi connectivity index (χ4n) is 2.24. The van der Waals surface area contributed by atoms with E-state index in [-0.39, 0.29) is 5.91 Å². The lowest BCUT2D eigenvalue weighted by Gasteiger charge is -2.13. The van der Waals surface area contributed by atoms with Crippen LogP contribution < -0.4 is 16.4 Å². The molecule has 2 rings (SSSR count). The molecule has 1 fully saturated rings. The second-order valence-corrected chi connectivity index (χ2v) is 4.42. The fraction of sp³-hybridized carbons (Fsp3) is 0.462. The van der Waals surface area contributed by atoms with Gasteiger partial charge in [0, 0.05) is 18.3 Å². The minimum absolute atomic E-state index is 0.382. The van der Waals surface area contributed by atoms with Gasteiger partial charge in [-0.2, -0.15) is 0 Å². The predicted octanol–water partition coefficient (Wildman–Crippen LogP) is 1.34. The zero-order chi connectivity index (χ0) is 12.1. The average Bonchev–Trinajstić information content (AvgIpc) is 2.82. The summed E-state index contributed by atoms with van der Waals surface area (Å²) in [7, 11) is 0. The van der Waals surface area contributed by atoms with Crippen LogP contribution in [0.15, 0.2) is 24.3 Å². The molecule has 1 heterocycles. The van der Waals surface area contributed by atoms with Gasteiger partial charge in [-0.25, -0.2) is 0 Å². The van der Waals surface area contributed by atoms with Gasteiger partial charge in [-0.15, -0.1) is 0 Å². The number of carbonyl (C=O) groups is 1. The Kier molecular flexibility index (Phi) is 3.98. The number of hydrogen-bond donors (Lipinski definition) is 3. The van der Waals surface area contributed by atoms with Crippen molar-refractivity contribution in [2.75, 3.05) is 18.4 Å². The number of rotatable bonds is 5. The topological polar surface area (TPSA) is 67.2 Å². The number of primary amides is 1. The number of nitrogens with two attached hydrogens (primary N) is 1. The Bertz CT molecular complexity index is 386. The first-order chi connectivity index (χ1) is 8.27. The number of hydrogen-bond acceptors (Lipinski definition) is 3. The summed E-state index contributed by atoms with van der Waals surface area (Å²) in [5.41, 5.74) is 6.71. The first kappa shape index (κ1) is 11.9. The maximum Gasteiger partial charge on any atom is 0.250 e. The minimum atomic E-state index is -0.382. The monoisotopic (exact) mass is 233 g/mol. The molecule has 92 valence electrons. The van der Waals surface area contributed by atoms with Gasteiger partial charge in [0.2, 0.25) is 0 Å². The lowest BCUT2D eigenvalue weighted by Crippen LogP contribution is -2.24. The van der Waals surface area contributed by atoms with Crippen molar-refractivity contribution in [3.05, 3.63) is 29.8 Å². The number of carbonyl (C=O) groups excluding carboxylic acids is 1. The fourth-order valence-corrected chi connectivity index (χ4v) is 2.24. The van der Waals surface area contributed by atoms with Gasteiger partial charge in [0.15, 0.2) is 0 Å². The minimum Gasteiger partial charge on any atom is -0.384 e. The molecule has 17 heavy (non-hydrogen) atoms. The van der Waals surface area contributed by atoms with Crippen LogP contribution in [0.1, 0.15) is 29.6 Å². The summed E-state index contributed by atoms with van der Waals surface area (Å²) in [6.07, 6.45) is 3.59. The van der Waals surface area contributed by atoms with Crippen molar-refractivity contribution >= 4 is 11.6 Å². The zero-order valence-corrected chi connectivity index (χ0v) is 9.91. The van der Waals surface area contributed by atoms with Crippen molar-refractivity contribution in [1.29, 1.82) is 0 Å². The smallest absolute Gasteiger partial charge is 0.250 e. The predicted molar refractivity (Wildman–Crippen MR) is 69.1 cm³/mol. The number of amides is 1. The summed E-state index contributed by atoms with van der Waals surface area (Å²) in [6, 6.07) is 7.98. The van der Waals surface area contributed by atoms with Crippen molar-refractivity contribution in [2.45, 2.75) is 25.3 Å². The van der Waals surface area contributed by atoms with Crippen molar-refractivity contribution in [2.24, 2.45) is 5.73 Å². The number of benzene rings is 1. The third-order valence-electron chi connectivity index (χ3n) is 3.16. The molecule has 0 bridgehead atoms. The van der Waals surface area contributed by atoms with Gasteiger partial charge in [-0.1, -0.05) is 12.1 Å². The molecular weight excluding hydrogens is 214 g/mol. The van der Waals surface area contributed by atoms with Crippen LogP contribution in [-0.4, -0.2) is 25.0 Å². The molecule has 0 unspecified atom stereocenters. The molecule has 1 aromatic rings. The second-order valence-electron chi connectivity index (χ2n) is 4.42. The molecule has 1 atom stereocenters. The summed E-state index contributed by atoms with van der Waals surface area (Å²) < 4.78 is 0. The van der Waals surface area contributed by atoms with Crippen LogP contribution in [0.25, 0.3) is 0 Å². The third kappa shape index (κ3) is 3.20. The third-order valence-corrected chi connectivity index (χ3v) is 3.16. The first-order valence-corrected chi connectivity index (χ1v) is 6.13. The lowest BCUT2D eigenvalue weighted by molar-refractivity contribution is 0.100. The van der Waals surface area contributed by atoms with E-state index in [1.54, 1.807) is 6.07 Å². The largest absolute Gasteiger partial charge is 0.384 e. The van der Waals surface area contributed by atoms with Crippen molar-refractivity contribution < 1.29 is 4.79 Å². The van der Waals surface area contributed by atoms with Gasteiger partial charge in [0.25, 0.3) is 5.91 Å². The van der Waals surface area contributed by atoms with Crippen LogP contribution in [0.3, 0.4) is 0 Å². The molecule has 0 aromatic heterocycles. The SMILES string of the molecule is NC(=O)c1ccccc1NCC[C@@H]1CCCN1. The van der Waals surface area contributed by atoms with E-state index in [0.717, 1.165) is 25.2 Å².